The molecule has 0 saturated heterocycles. The fourth-order valence-corrected chi connectivity index (χ4v) is 2.09. The van der Waals surface area contributed by atoms with Crippen molar-refractivity contribution in [1.29, 1.82) is 0 Å². The fourth-order valence-electron chi connectivity index (χ4n) is 2.09. The second-order valence-corrected chi connectivity index (χ2v) is 4.99. The number of hydrogen-bond acceptors (Lipinski definition) is 2. The molecule has 1 heterocycles. The van der Waals surface area contributed by atoms with Gasteiger partial charge in [0.2, 0.25) is 0 Å². The first-order valence-electron chi connectivity index (χ1n) is 5.34. The van der Waals surface area contributed by atoms with Crippen LogP contribution in [0, 0.1) is 0 Å². The van der Waals surface area contributed by atoms with Gasteiger partial charge in [0.05, 0.1) is 17.8 Å². The van der Waals surface area contributed by atoms with Crippen LogP contribution in [0.5, 0.6) is 0 Å². The Hall–Kier alpha value is -0.630. The lowest BCUT2D eigenvalue weighted by molar-refractivity contribution is 0.452. The van der Waals surface area contributed by atoms with Gasteiger partial charge in [-0.15, -0.1) is 0 Å². The molecule has 0 aromatic carbocycles. The molecule has 1 aliphatic rings. The second kappa shape index (κ2) is 3.85. The van der Waals surface area contributed by atoms with Crippen molar-refractivity contribution in [3.05, 3.63) is 11.1 Å². The molecule has 1 rings (SSSR count). The van der Waals surface area contributed by atoms with Crippen LogP contribution in [0.1, 0.15) is 41.5 Å². The van der Waals surface area contributed by atoms with Crippen molar-refractivity contribution >= 4 is 5.71 Å². The van der Waals surface area contributed by atoms with E-state index in [0.717, 1.165) is 6.54 Å². The van der Waals surface area contributed by atoms with E-state index >= 15 is 0 Å². The molecule has 0 saturated carbocycles. The topological polar surface area (TPSA) is 24.4 Å². The Labute approximate surface area is 87.5 Å². The Kier molecular flexibility index (Phi) is 3.15. The number of aliphatic imine (C=N–C) groups is 1. The highest BCUT2D eigenvalue weighted by Crippen LogP contribution is 2.22. The lowest BCUT2D eigenvalue weighted by Gasteiger charge is -2.30. The van der Waals surface area contributed by atoms with Crippen LogP contribution in [0.4, 0.5) is 0 Å². The van der Waals surface area contributed by atoms with Crippen molar-refractivity contribution < 1.29 is 0 Å². The first-order chi connectivity index (χ1) is 6.34. The van der Waals surface area contributed by atoms with Gasteiger partial charge < -0.3 is 5.32 Å². The van der Waals surface area contributed by atoms with Crippen molar-refractivity contribution in [3.8, 4) is 0 Å². The van der Waals surface area contributed by atoms with E-state index in [-0.39, 0.29) is 5.54 Å². The van der Waals surface area contributed by atoms with Gasteiger partial charge in [-0.2, -0.15) is 0 Å². The third kappa shape index (κ3) is 2.24. The van der Waals surface area contributed by atoms with E-state index in [0.29, 0.717) is 6.04 Å². The zero-order chi connectivity index (χ0) is 10.9. The van der Waals surface area contributed by atoms with E-state index in [9.17, 15) is 0 Å². The van der Waals surface area contributed by atoms with Crippen LogP contribution in [0.15, 0.2) is 16.1 Å². The van der Waals surface area contributed by atoms with E-state index < -0.39 is 0 Å². The highest BCUT2D eigenvalue weighted by atomic mass is 15.0. The van der Waals surface area contributed by atoms with Gasteiger partial charge in [0, 0.05) is 6.04 Å². The number of nitrogens with zero attached hydrogens (tertiary/aromatic N) is 1. The molecule has 0 radical (unpaired) electrons. The summed E-state index contributed by atoms with van der Waals surface area (Å²) in [5, 5.41) is 3.55. The first-order valence-corrected chi connectivity index (χ1v) is 5.34. The lowest BCUT2D eigenvalue weighted by Crippen LogP contribution is -2.49. The standard InChI is InChI=1S/C12H22N2/c1-8(2)14-12(5,6)11-10(4)9(3)7-13-11/h8,14H,7H2,1-6H3. The van der Waals surface area contributed by atoms with Gasteiger partial charge >= 0.3 is 0 Å². The van der Waals surface area contributed by atoms with E-state index in [4.69, 9.17) is 0 Å². The largest absolute Gasteiger partial charge is 0.304 e. The summed E-state index contributed by atoms with van der Waals surface area (Å²) in [5.41, 5.74) is 3.99. The normalized spacial score (nSPS) is 18.1. The summed E-state index contributed by atoms with van der Waals surface area (Å²) >= 11 is 0. The maximum absolute atomic E-state index is 4.60. The Balaban J connectivity index is 2.84. The summed E-state index contributed by atoms with van der Waals surface area (Å²) < 4.78 is 0. The maximum Gasteiger partial charge on any atom is 0.0607 e. The van der Waals surface area contributed by atoms with Crippen molar-refractivity contribution in [1.82, 2.24) is 5.32 Å². The quantitative estimate of drug-likeness (QED) is 0.733. The summed E-state index contributed by atoms with van der Waals surface area (Å²) in [5.74, 6) is 0. The molecule has 80 valence electrons. The molecule has 14 heavy (non-hydrogen) atoms. The van der Waals surface area contributed by atoms with Gasteiger partial charge in [0.25, 0.3) is 0 Å². The number of hydrogen-bond donors (Lipinski definition) is 1. The van der Waals surface area contributed by atoms with Gasteiger partial charge in [0.15, 0.2) is 0 Å². The van der Waals surface area contributed by atoms with Crippen LogP contribution in [0.25, 0.3) is 0 Å². The molecular weight excluding hydrogens is 172 g/mol. The molecule has 0 bridgehead atoms. The summed E-state index contributed by atoms with van der Waals surface area (Å²) in [6, 6.07) is 0.487. The van der Waals surface area contributed by atoms with Crippen LogP contribution in [0.3, 0.4) is 0 Å². The fraction of sp³-hybridized carbons (Fsp3) is 0.750. The van der Waals surface area contributed by atoms with E-state index in [1.807, 2.05) is 0 Å². The lowest BCUT2D eigenvalue weighted by atomic mass is 9.91. The highest BCUT2D eigenvalue weighted by Gasteiger charge is 2.29. The Bertz CT molecular complexity index is 283. The van der Waals surface area contributed by atoms with Gasteiger partial charge in [-0.3, -0.25) is 4.99 Å². The van der Waals surface area contributed by atoms with Crippen LogP contribution in [-0.4, -0.2) is 23.8 Å². The molecule has 0 atom stereocenters. The van der Waals surface area contributed by atoms with Gasteiger partial charge in [0.1, 0.15) is 0 Å². The average molecular weight is 194 g/mol. The third-order valence-corrected chi connectivity index (χ3v) is 2.71. The number of nitrogens with one attached hydrogen (secondary N) is 1. The maximum atomic E-state index is 4.60. The van der Waals surface area contributed by atoms with Crippen LogP contribution in [-0.2, 0) is 0 Å². The van der Waals surface area contributed by atoms with Crippen molar-refractivity contribution in [2.75, 3.05) is 6.54 Å². The molecule has 1 aliphatic heterocycles. The zero-order valence-corrected chi connectivity index (χ0v) is 10.2. The van der Waals surface area contributed by atoms with Crippen molar-refractivity contribution in [2.45, 2.75) is 53.1 Å². The van der Waals surface area contributed by atoms with Crippen molar-refractivity contribution in [2.24, 2.45) is 4.99 Å². The zero-order valence-electron chi connectivity index (χ0n) is 10.2. The third-order valence-electron chi connectivity index (χ3n) is 2.71. The Morgan fingerprint density at radius 3 is 2.21 bits per heavy atom. The molecule has 0 spiro atoms. The smallest absolute Gasteiger partial charge is 0.0607 e. The second-order valence-electron chi connectivity index (χ2n) is 4.99. The average Bonchev–Trinajstić information content (AvgIpc) is 2.30. The predicted octanol–water partition coefficient (Wildman–Crippen LogP) is 2.55. The Morgan fingerprint density at radius 2 is 1.86 bits per heavy atom. The van der Waals surface area contributed by atoms with E-state index in [1.54, 1.807) is 0 Å². The molecule has 1 N–H and O–H groups in total. The summed E-state index contributed by atoms with van der Waals surface area (Å²) in [6.45, 7) is 14.0. The van der Waals surface area contributed by atoms with Gasteiger partial charge in [-0.05, 0) is 38.8 Å². The summed E-state index contributed by atoms with van der Waals surface area (Å²) in [4.78, 5) is 4.60. The van der Waals surface area contributed by atoms with Crippen LogP contribution in [0.2, 0.25) is 0 Å². The molecule has 0 aromatic heterocycles. The van der Waals surface area contributed by atoms with Gasteiger partial charge in [-0.1, -0.05) is 13.8 Å². The SMILES string of the molecule is CC1=C(C)C(C(C)(C)NC(C)C)=NC1. The first kappa shape index (κ1) is 11.4. The molecule has 2 heteroatoms. The van der Waals surface area contributed by atoms with E-state index in [1.165, 1.54) is 16.9 Å². The molecule has 0 amide bonds. The molecule has 2 nitrogen and oxygen atoms in total. The molecule has 0 unspecified atom stereocenters. The minimum Gasteiger partial charge on any atom is -0.304 e. The summed E-state index contributed by atoms with van der Waals surface area (Å²) in [7, 11) is 0. The van der Waals surface area contributed by atoms with Crippen molar-refractivity contribution in [3.63, 3.8) is 0 Å². The highest BCUT2D eigenvalue weighted by molar-refractivity contribution is 6.08. The predicted molar refractivity (Wildman–Crippen MR) is 63.0 cm³/mol. The molecule has 0 aliphatic carbocycles. The molecule has 0 aromatic rings. The van der Waals surface area contributed by atoms with Crippen LogP contribution >= 0.6 is 0 Å². The van der Waals surface area contributed by atoms with E-state index in [2.05, 4.69) is 51.9 Å². The monoisotopic (exact) mass is 194 g/mol. The van der Waals surface area contributed by atoms with Gasteiger partial charge in [-0.25, -0.2) is 0 Å². The number of rotatable bonds is 3. The molecular formula is C12H22N2. The van der Waals surface area contributed by atoms with Crippen LogP contribution < -0.4 is 5.32 Å². The Morgan fingerprint density at radius 1 is 1.29 bits per heavy atom. The minimum absolute atomic E-state index is 0.00396. The molecule has 0 fully saturated rings. The minimum atomic E-state index is -0.00396. The summed E-state index contributed by atoms with van der Waals surface area (Å²) in [6.07, 6.45) is 0.